The third kappa shape index (κ3) is 0.869. The fraction of sp³-hybridized carbons (Fsp3) is 0.100. The summed E-state index contributed by atoms with van der Waals surface area (Å²) < 4.78 is 7.55. The molecule has 0 aliphatic carbocycles. The lowest BCUT2D eigenvalue weighted by atomic mass is 10.3. The first-order valence-electron chi connectivity index (χ1n) is 4.20. The summed E-state index contributed by atoms with van der Waals surface area (Å²) in [4.78, 5) is 4.26. The lowest BCUT2D eigenvalue weighted by molar-refractivity contribution is 0.380. The molecule has 1 aliphatic rings. The molecule has 2 aromatic heterocycles. The molecular formula is C10H8N2O. The Labute approximate surface area is 75.3 Å². The van der Waals surface area contributed by atoms with Gasteiger partial charge >= 0.3 is 0 Å². The van der Waals surface area contributed by atoms with Crippen LogP contribution in [-0.4, -0.2) is 17.2 Å². The minimum Gasteiger partial charge on any atom is -0.483 e. The summed E-state index contributed by atoms with van der Waals surface area (Å²) in [6, 6.07) is 5.98. The molecule has 2 aromatic rings. The monoisotopic (exact) mass is 172 g/mol. The average Bonchev–Trinajstić information content (AvgIpc) is 2.65. The summed E-state index contributed by atoms with van der Waals surface area (Å²) in [5.74, 6) is 0.884. The second-order valence-corrected chi connectivity index (χ2v) is 2.95. The van der Waals surface area contributed by atoms with E-state index in [4.69, 9.17) is 4.74 Å². The maximum Gasteiger partial charge on any atom is 0.169 e. The molecule has 3 heteroatoms. The highest BCUT2D eigenvalue weighted by molar-refractivity contribution is 5.78. The average molecular weight is 172 g/mol. The topological polar surface area (TPSA) is 26.0 Å². The molecule has 13 heavy (non-hydrogen) atoms. The summed E-state index contributed by atoms with van der Waals surface area (Å²) in [5, 5.41) is 0. The van der Waals surface area contributed by atoms with E-state index in [0.29, 0.717) is 6.61 Å². The number of fused-ring (bicyclic) bond motifs is 3. The van der Waals surface area contributed by atoms with Gasteiger partial charge in [0.15, 0.2) is 5.75 Å². The molecule has 0 amide bonds. The number of aromatic nitrogens is 1. The second-order valence-electron chi connectivity index (χ2n) is 2.95. The van der Waals surface area contributed by atoms with Crippen molar-refractivity contribution < 1.29 is 4.74 Å². The quantitative estimate of drug-likeness (QED) is 0.597. The van der Waals surface area contributed by atoms with Crippen LogP contribution in [0.25, 0.3) is 5.52 Å². The highest BCUT2D eigenvalue weighted by Crippen LogP contribution is 2.33. The van der Waals surface area contributed by atoms with Crippen molar-refractivity contribution in [3.63, 3.8) is 0 Å². The largest absolute Gasteiger partial charge is 0.483 e. The summed E-state index contributed by atoms with van der Waals surface area (Å²) in [5.41, 5.74) is 1.99. The zero-order valence-corrected chi connectivity index (χ0v) is 6.97. The molecule has 0 saturated heterocycles. The molecule has 0 fully saturated rings. The fourth-order valence-electron chi connectivity index (χ4n) is 1.58. The molecule has 0 aromatic carbocycles. The van der Waals surface area contributed by atoms with Crippen molar-refractivity contribution in [1.82, 2.24) is 4.40 Å². The van der Waals surface area contributed by atoms with Gasteiger partial charge < -0.3 is 9.14 Å². The van der Waals surface area contributed by atoms with Gasteiger partial charge in [0.25, 0.3) is 0 Å². The number of pyridine rings is 1. The van der Waals surface area contributed by atoms with E-state index in [-0.39, 0.29) is 0 Å². The molecule has 0 saturated carbocycles. The molecule has 0 N–H and O–H groups in total. The van der Waals surface area contributed by atoms with Gasteiger partial charge in [-0.2, -0.15) is 0 Å². The summed E-state index contributed by atoms with van der Waals surface area (Å²) in [6.07, 6.45) is 5.76. The molecule has 64 valence electrons. The van der Waals surface area contributed by atoms with Gasteiger partial charge in [-0.05, 0) is 18.2 Å². The Hall–Kier alpha value is -1.77. The lowest BCUT2D eigenvalue weighted by Gasteiger charge is -2.12. The number of hydrogen-bond acceptors (Lipinski definition) is 2. The van der Waals surface area contributed by atoms with Crippen molar-refractivity contribution in [3.05, 3.63) is 30.6 Å². The van der Waals surface area contributed by atoms with Gasteiger partial charge in [0.2, 0.25) is 0 Å². The summed E-state index contributed by atoms with van der Waals surface area (Å²) >= 11 is 0. The SMILES string of the molecule is C1=Nc2ccn3cccc3c2OC1. The van der Waals surface area contributed by atoms with Gasteiger partial charge in [0.05, 0.1) is 5.52 Å². The minimum atomic E-state index is 0.567. The van der Waals surface area contributed by atoms with Crippen LogP contribution < -0.4 is 4.74 Å². The van der Waals surface area contributed by atoms with E-state index in [1.165, 1.54) is 0 Å². The van der Waals surface area contributed by atoms with Crippen LogP contribution in [0.5, 0.6) is 5.75 Å². The Morgan fingerprint density at radius 3 is 3.31 bits per heavy atom. The maximum absolute atomic E-state index is 5.52. The molecule has 3 nitrogen and oxygen atoms in total. The second kappa shape index (κ2) is 2.36. The Kier molecular flexibility index (Phi) is 1.22. The van der Waals surface area contributed by atoms with Crippen LogP contribution in [0, 0.1) is 0 Å². The van der Waals surface area contributed by atoms with Crippen molar-refractivity contribution >= 4 is 17.4 Å². The molecule has 0 bridgehead atoms. The van der Waals surface area contributed by atoms with E-state index >= 15 is 0 Å². The number of hydrogen-bond donors (Lipinski definition) is 0. The molecule has 0 radical (unpaired) electrons. The van der Waals surface area contributed by atoms with Gasteiger partial charge in [0, 0.05) is 18.6 Å². The van der Waals surface area contributed by atoms with Crippen LogP contribution >= 0.6 is 0 Å². The summed E-state index contributed by atoms with van der Waals surface area (Å²) in [7, 11) is 0. The molecule has 0 spiro atoms. The van der Waals surface area contributed by atoms with Crippen LogP contribution in [0.3, 0.4) is 0 Å². The predicted octanol–water partition coefficient (Wildman–Crippen LogP) is 2.03. The van der Waals surface area contributed by atoms with E-state index < -0.39 is 0 Å². The van der Waals surface area contributed by atoms with E-state index in [1.54, 1.807) is 6.21 Å². The van der Waals surface area contributed by atoms with E-state index in [0.717, 1.165) is 17.0 Å². The number of nitrogens with zero attached hydrogens (tertiary/aromatic N) is 2. The zero-order chi connectivity index (χ0) is 8.67. The number of rotatable bonds is 0. The van der Waals surface area contributed by atoms with E-state index in [1.807, 2.05) is 35.0 Å². The minimum absolute atomic E-state index is 0.567. The highest BCUT2D eigenvalue weighted by Gasteiger charge is 2.10. The van der Waals surface area contributed by atoms with Crippen molar-refractivity contribution in [3.8, 4) is 5.75 Å². The molecule has 3 heterocycles. The van der Waals surface area contributed by atoms with Crippen LogP contribution in [0.4, 0.5) is 5.69 Å². The first-order chi connectivity index (χ1) is 6.45. The van der Waals surface area contributed by atoms with Gasteiger partial charge in [-0.1, -0.05) is 0 Å². The molecule has 1 aliphatic heterocycles. The molecule has 3 rings (SSSR count). The first kappa shape index (κ1) is 6.71. The van der Waals surface area contributed by atoms with Gasteiger partial charge in [-0.25, -0.2) is 0 Å². The summed E-state index contributed by atoms with van der Waals surface area (Å²) in [6.45, 7) is 0.567. The highest BCUT2D eigenvalue weighted by atomic mass is 16.5. The molecular weight excluding hydrogens is 164 g/mol. The fourth-order valence-corrected chi connectivity index (χ4v) is 1.58. The van der Waals surface area contributed by atoms with Crippen molar-refractivity contribution in [2.24, 2.45) is 4.99 Å². The Balaban J connectivity index is 2.42. The van der Waals surface area contributed by atoms with Crippen LogP contribution in [-0.2, 0) is 0 Å². The van der Waals surface area contributed by atoms with Crippen molar-refractivity contribution in [1.29, 1.82) is 0 Å². The Morgan fingerprint density at radius 1 is 1.31 bits per heavy atom. The van der Waals surface area contributed by atoms with E-state index in [9.17, 15) is 0 Å². The number of aliphatic imine (C=N–C) groups is 1. The van der Waals surface area contributed by atoms with E-state index in [2.05, 4.69) is 4.99 Å². The smallest absolute Gasteiger partial charge is 0.169 e. The molecule has 0 unspecified atom stereocenters. The van der Waals surface area contributed by atoms with Gasteiger partial charge in [-0.3, -0.25) is 4.99 Å². The van der Waals surface area contributed by atoms with Crippen LogP contribution in [0.2, 0.25) is 0 Å². The van der Waals surface area contributed by atoms with Crippen LogP contribution in [0.15, 0.2) is 35.6 Å². The lowest BCUT2D eigenvalue weighted by Crippen LogP contribution is -2.03. The van der Waals surface area contributed by atoms with Gasteiger partial charge in [-0.15, -0.1) is 0 Å². The first-order valence-corrected chi connectivity index (χ1v) is 4.20. The van der Waals surface area contributed by atoms with Crippen LogP contribution in [0.1, 0.15) is 0 Å². The third-order valence-corrected chi connectivity index (χ3v) is 2.17. The Bertz CT molecular complexity index is 485. The standard InChI is InChI=1S/C10H8N2O/c1-2-9-10-8(11-4-7-13-10)3-6-12(9)5-1/h1-6H,7H2. The number of ether oxygens (including phenoxy) is 1. The normalized spacial score (nSPS) is 14.2. The maximum atomic E-state index is 5.52. The van der Waals surface area contributed by atoms with Crippen molar-refractivity contribution in [2.45, 2.75) is 0 Å². The zero-order valence-electron chi connectivity index (χ0n) is 6.97. The third-order valence-electron chi connectivity index (χ3n) is 2.17. The van der Waals surface area contributed by atoms with Gasteiger partial charge in [0.1, 0.15) is 12.3 Å². The Morgan fingerprint density at radius 2 is 2.31 bits per heavy atom. The predicted molar refractivity (Wildman–Crippen MR) is 51.0 cm³/mol. The van der Waals surface area contributed by atoms with Crippen molar-refractivity contribution in [2.75, 3.05) is 6.61 Å². The molecule has 0 atom stereocenters.